The van der Waals surface area contributed by atoms with E-state index in [1.807, 2.05) is 37.4 Å². The van der Waals surface area contributed by atoms with E-state index in [2.05, 4.69) is 4.90 Å². The van der Waals surface area contributed by atoms with Gasteiger partial charge in [-0.05, 0) is 45.0 Å². The van der Waals surface area contributed by atoms with E-state index in [9.17, 15) is 5.11 Å². The van der Waals surface area contributed by atoms with Crippen molar-refractivity contribution in [3.05, 3.63) is 29.8 Å². The van der Waals surface area contributed by atoms with Gasteiger partial charge in [-0.1, -0.05) is 12.1 Å². The number of ether oxygens (including phenoxy) is 1. The smallest absolute Gasteiger partial charge is 0.181 e. The molecule has 0 fully saturated rings. The Bertz CT molecular complexity index is 409. The lowest BCUT2D eigenvalue weighted by Gasteiger charge is -2.17. The van der Waals surface area contributed by atoms with Crippen LogP contribution >= 0.6 is 0 Å². The molecular weight excluding hydrogens is 240 g/mol. The highest BCUT2D eigenvalue weighted by atomic mass is 16.5. The third-order valence-electron chi connectivity index (χ3n) is 2.80. The van der Waals surface area contributed by atoms with Crippen LogP contribution in [0.3, 0.4) is 0 Å². The van der Waals surface area contributed by atoms with Crippen LogP contribution in [0.2, 0.25) is 0 Å². The van der Waals surface area contributed by atoms with Crippen LogP contribution in [0.5, 0.6) is 5.75 Å². The van der Waals surface area contributed by atoms with Gasteiger partial charge >= 0.3 is 0 Å². The van der Waals surface area contributed by atoms with E-state index >= 15 is 0 Å². The highest BCUT2D eigenvalue weighted by Crippen LogP contribution is 2.14. The molecule has 0 saturated heterocycles. The Morgan fingerprint density at radius 3 is 2.47 bits per heavy atom. The van der Waals surface area contributed by atoms with Crippen LogP contribution in [0, 0.1) is 11.3 Å². The molecule has 0 amide bonds. The molecule has 0 aliphatic heterocycles. The zero-order valence-corrected chi connectivity index (χ0v) is 11.8. The molecule has 0 bridgehead atoms. The van der Waals surface area contributed by atoms with E-state index in [0.29, 0.717) is 5.75 Å². The standard InChI is InChI=1S/C15H22N2O2/c1-12(18)8-9-17(3)11-14-4-6-15(7-5-14)19-13(2)10-16/h4-7,12-13,18H,8-9,11H2,1-3H3. The monoisotopic (exact) mass is 262 g/mol. The molecule has 2 unspecified atom stereocenters. The quantitative estimate of drug-likeness (QED) is 0.818. The maximum atomic E-state index is 9.24. The van der Waals surface area contributed by atoms with Crippen LogP contribution in [0.1, 0.15) is 25.8 Å². The van der Waals surface area contributed by atoms with Gasteiger partial charge in [-0.25, -0.2) is 0 Å². The van der Waals surface area contributed by atoms with Crippen molar-refractivity contribution >= 4 is 0 Å². The molecule has 0 aliphatic carbocycles. The first-order chi connectivity index (χ1) is 9.01. The SMILES string of the molecule is CC(O)CCN(C)Cc1ccc(OC(C)C#N)cc1. The number of hydrogen-bond acceptors (Lipinski definition) is 4. The average Bonchev–Trinajstić information content (AvgIpc) is 2.38. The minimum atomic E-state index is -0.431. The number of hydrogen-bond donors (Lipinski definition) is 1. The molecule has 4 nitrogen and oxygen atoms in total. The van der Waals surface area contributed by atoms with Crippen LogP contribution in [-0.2, 0) is 6.54 Å². The Morgan fingerprint density at radius 1 is 1.32 bits per heavy atom. The molecular formula is C15H22N2O2. The summed E-state index contributed by atoms with van der Waals surface area (Å²) in [6.07, 6.45) is 0.0856. The highest BCUT2D eigenvalue weighted by Gasteiger charge is 2.04. The maximum absolute atomic E-state index is 9.24. The lowest BCUT2D eigenvalue weighted by atomic mass is 10.2. The number of aliphatic hydroxyl groups is 1. The fourth-order valence-corrected chi connectivity index (χ4v) is 1.70. The molecule has 1 aromatic rings. The van der Waals surface area contributed by atoms with Crippen molar-refractivity contribution in [3.8, 4) is 11.8 Å². The van der Waals surface area contributed by atoms with Crippen LogP contribution in [-0.4, -0.2) is 35.8 Å². The Morgan fingerprint density at radius 2 is 1.95 bits per heavy atom. The third kappa shape index (κ3) is 6.23. The molecule has 0 aliphatic rings. The molecule has 4 heteroatoms. The van der Waals surface area contributed by atoms with Gasteiger partial charge in [0.1, 0.15) is 11.8 Å². The van der Waals surface area contributed by atoms with Gasteiger partial charge < -0.3 is 14.7 Å². The highest BCUT2D eigenvalue weighted by molar-refractivity contribution is 5.27. The third-order valence-corrected chi connectivity index (χ3v) is 2.80. The number of nitriles is 1. The molecule has 104 valence electrons. The summed E-state index contributed by atoms with van der Waals surface area (Å²) in [5.41, 5.74) is 1.19. The van der Waals surface area contributed by atoms with Gasteiger partial charge in [-0.15, -0.1) is 0 Å². The number of benzene rings is 1. The van der Waals surface area contributed by atoms with E-state index in [4.69, 9.17) is 10.00 Å². The fourth-order valence-electron chi connectivity index (χ4n) is 1.70. The molecule has 0 radical (unpaired) electrons. The first-order valence-corrected chi connectivity index (χ1v) is 6.53. The van der Waals surface area contributed by atoms with E-state index in [-0.39, 0.29) is 6.10 Å². The van der Waals surface area contributed by atoms with Gasteiger partial charge in [0.25, 0.3) is 0 Å². The number of rotatable bonds is 7. The van der Waals surface area contributed by atoms with Gasteiger partial charge in [0, 0.05) is 13.1 Å². The van der Waals surface area contributed by atoms with Gasteiger partial charge in [-0.2, -0.15) is 5.26 Å². The summed E-state index contributed by atoms with van der Waals surface area (Å²) >= 11 is 0. The van der Waals surface area contributed by atoms with Gasteiger partial charge in [0.15, 0.2) is 6.10 Å². The van der Waals surface area contributed by atoms with Gasteiger partial charge in [0.05, 0.1) is 6.10 Å². The summed E-state index contributed by atoms with van der Waals surface area (Å²) in [5.74, 6) is 0.712. The summed E-state index contributed by atoms with van der Waals surface area (Å²) < 4.78 is 5.39. The lowest BCUT2D eigenvalue weighted by Crippen LogP contribution is -2.22. The maximum Gasteiger partial charge on any atom is 0.181 e. The van der Waals surface area contributed by atoms with Crippen LogP contribution < -0.4 is 4.74 Å². The number of aliphatic hydroxyl groups excluding tert-OH is 1. The Hall–Kier alpha value is -1.57. The zero-order chi connectivity index (χ0) is 14.3. The van der Waals surface area contributed by atoms with E-state index in [0.717, 1.165) is 19.5 Å². The number of nitrogens with zero attached hydrogens (tertiary/aromatic N) is 2. The molecule has 1 N–H and O–H groups in total. The van der Waals surface area contributed by atoms with Crippen molar-refractivity contribution in [2.24, 2.45) is 0 Å². The summed E-state index contributed by atoms with van der Waals surface area (Å²) in [4.78, 5) is 2.17. The van der Waals surface area contributed by atoms with E-state index < -0.39 is 6.10 Å². The molecule has 2 atom stereocenters. The Balaban J connectivity index is 2.46. The van der Waals surface area contributed by atoms with Crippen molar-refractivity contribution in [1.82, 2.24) is 4.90 Å². The minimum Gasteiger partial charge on any atom is -0.476 e. The predicted octanol–water partition coefficient (Wildman–Crippen LogP) is 2.18. The van der Waals surface area contributed by atoms with Crippen LogP contribution in [0.25, 0.3) is 0 Å². The van der Waals surface area contributed by atoms with Gasteiger partial charge in [-0.3, -0.25) is 0 Å². The largest absolute Gasteiger partial charge is 0.476 e. The molecule has 19 heavy (non-hydrogen) atoms. The molecule has 0 aromatic heterocycles. The normalized spacial score (nSPS) is 13.9. The average molecular weight is 262 g/mol. The summed E-state index contributed by atoms with van der Waals surface area (Å²) in [6, 6.07) is 9.79. The second-order valence-corrected chi connectivity index (χ2v) is 4.91. The van der Waals surface area contributed by atoms with Gasteiger partial charge in [0.2, 0.25) is 0 Å². The minimum absolute atomic E-state index is 0.259. The molecule has 1 rings (SSSR count). The van der Waals surface area contributed by atoms with Crippen molar-refractivity contribution in [1.29, 1.82) is 5.26 Å². The fraction of sp³-hybridized carbons (Fsp3) is 0.533. The van der Waals surface area contributed by atoms with Crippen molar-refractivity contribution in [2.45, 2.75) is 39.0 Å². The van der Waals surface area contributed by atoms with Crippen molar-refractivity contribution < 1.29 is 9.84 Å². The zero-order valence-electron chi connectivity index (χ0n) is 11.8. The summed E-state index contributed by atoms with van der Waals surface area (Å²) in [5, 5.41) is 17.9. The summed E-state index contributed by atoms with van der Waals surface area (Å²) in [6.45, 7) is 5.22. The lowest BCUT2D eigenvalue weighted by molar-refractivity contribution is 0.163. The second kappa shape index (κ2) is 7.78. The van der Waals surface area contributed by atoms with E-state index in [1.165, 1.54) is 5.56 Å². The van der Waals surface area contributed by atoms with Crippen molar-refractivity contribution in [2.75, 3.05) is 13.6 Å². The first kappa shape index (κ1) is 15.5. The second-order valence-electron chi connectivity index (χ2n) is 4.91. The van der Waals surface area contributed by atoms with E-state index in [1.54, 1.807) is 13.8 Å². The Kier molecular flexibility index (Phi) is 6.34. The first-order valence-electron chi connectivity index (χ1n) is 6.53. The molecule has 0 heterocycles. The summed E-state index contributed by atoms with van der Waals surface area (Å²) in [7, 11) is 2.03. The topological polar surface area (TPSA) is 56.5 Å². The van der Waals surface area contributed by atoms with Crippen molar-refractivity contribution in [3.63, 3.8) is 0 Å². The Labute approximate surface area is 115 Å². The van der Waals surface area contributed by atoms with Crippen LogP contribution in [0.15, 0.2) is 24.3 Å². The molecule has 1 aromatic carbocycles. The predicted molar refractivity (Wildman–Crippen MR) is 74.8 cm³/mol. The van der Waals surface area contributed by atoms with Crippen LogP contribution in [0.4, 0.5) is 0 Å². The molecule has 0 spiro atoms. The molecule has 0 saturated carbocycles.